The van der Waals surface area contributed by atoms with Gasteiger partial charge < -0.3 is 14.8 Å². The maximum absolute atomic E-state index is 12.9. The number of morpholine rings is 1. The number of amides is 1. The van der Waals surface area contributed by atoms with Crippen LogP contribution in [-0.4, -0.2) is 44.9 Å². The number of hydrogen-bond acceptors (Lipinski definition) is 5. The minimum atomic E-state index is -3.68. The Balaban J connectivity index is 1.95. The summed E-state index contributed by atoms with van der Waals surface area (Å²) in [5, 5.41) is 2.77. The third kappa shape index (κ3) is 4.70. The van der Waals surface area contributed by atoms with E-state index < -0.39 is 10.0 Å². The molecule has 2 aromatic rings. The molecule has 1 aliphatic rings. The molecule has 150 valence electrons. The molecule has 0 unspecified atom stereocenters. The van der Waals surface area contributed by atoms with Crippen LogP contribution in [0.5, 0.6) is 11.5 Å². The van der Waals surface area contributed by atoms with Gasteiger partial charge in [-0.25, -0.2) is 8.42 Å². The smallest absolute Gasteiger partial charge is 0.243 e. The molecule has 0 aromatic heterocycles. The normalized spacial score (nSPS) is 15.4. The van der Waals surface area contributed by atoms with Gasteiger partial charge in [-0.1, -0.05) is 32.0 Å². The fraction of sp³-hybridized carbons (Fsp3) is 0.350. The second kappa shape index (κ2) is 8.72. The van der Waals surface area contributed by atoms with Gasteiger partial charge in [0.2, 0.25) is 15.9 Å². The molecule has 0 bridgehead atoms. The lowest BCUT2D eigenvalue weighted by Gasteiger charge is -2.26. The minimum Gasteiger partial charge on any atom is -0.455 e. The summed E-state index contributed by atoms with van der Waals surface area (Å²) in [7, 11) is -3.68. The maximum Gasteiger partial charge on any atom is 0.243 e. The van der Waals surface area contributed by atoms with Gasteiger partial charge in [0.15, 0.2) is 5.75 Å². The van der Waals surface area contributed by atoms with Crippen LogP contribution in [0.2, 0.25) is 0 Å². The van der Waals surface area contributed by atoms with Gasteiger partial charge in [0.05, 0.1) is 23.8 Å². The molecule has 7 nitrogen and oxygen atoms in total. The summed E-state index contributed by atoms with van der Waals surface area (Å²) < 4.78 is 38.4. The van der Waals surface area contributed by atoms with E-state index >= 15 is 0 Å². The topological polar surface area (TPSA) is 84.9 Å². The lowest BCUT2D eigenvalue weighted by Crippen LogP contribution is -2.40. The summed E-state index contributed by atoms with van der Waals surface area (Å²) in [5.41, 5.74) is 0.317. The molecule has 0 spiro atoms. The first kappa shape index (κ1) is 20.3. The predicted octanol–water partition coefficient (Wildman–Crippen LogP) is 3.09. The Bertz CT molecular complexity index is 923. The van der Waals surface area contributed by atoms with Crippen LogP contribution < -0.4 is 10.1 Å². The number of anilines is 1. The van der Waals surface area contributed by atoms with Gasteiger partial charge >= 0.3 is 0 Å². The Morgan fingerprint density at radius 3 is 2.43 bits per heavy atom. The van der Waals surface area contributed by atoms with Crippen LogP contribution in [0.1, 0.15) is 13.8 Å². The van der Waals surface area contributed by atoms with E-state index in [0.29, 0.717) is 43.5 Å². The molecule has 1 saturated heterocycles. The van der Waals surface area contributed by atoms with Crippen molar-refractivity contribution in [3.63, 3.8) is 0 Å². The van der Waals surface area contributed by atoms with Crippen LogP contribution in [0.4, 0.5) is 5.69 Å². The third-order valence-electron chi connectivity index (χ3n) is 4.31. The predicted molar refractivity (Wildman–Crippen MR) is 106 cm³/mol. The summed E-state index contributed by atoms with van der Waals surface area (Å²) >= 11 is 0. The second-order valence-electron chi connectivity index (χ2n) is 6.73. The van der Waals surface area contributed by atoms with E-state index in [0.717, 1.165) is 0 Å². The van der Waals surface area contributed by atoms with Gasteiger partial charge in [0.25, 0.3) is 0 Å². The highest BCUT2D eigenvalue weighted by atomic mass is 32.2. The number of nitrogens with zero attached hydrogens (tertiary/aromatic N) is 1. The highest BCUT2D eigenvalue weighted by Gasteiger charge is 2.27. The molecule has 8 heteroatoms. The van der Waals surface area contributed by atoms with Crippen LogP contribution >= 0.6 is 0 Å². The molecule has 1 fully saturated rings. The molecule has 1 heterocycles. The fourth-order valence-corrected chi connectivity index (χ4v) is 4.12. The van der Waals surface area contributed by atoms with Crippen molar-refractivity contribution in [1.29, 1.82) is 0 Å². The molecule has 1 aliphatic heterocycles. The Morgan fingerprint density at radius 2 is 1.79 bits per heavy atom. The van der Waals surface area contributed by atoms with Gasteiger partial charge in [-0.3, -0.25) is 4.79 Å². The zero-order chi connectivity index (χ0) is 20.1. The molecule has 0 radical (unpaired) electrons. The average molecular weight is 404 g/mol. The maximum atomic E-state index is 12.9. The quantitative estimate of drug-likeness (QED) is 0.800. The summed E-state index contributed by atoms with van der Waals surface area (Å²) in [6.45, 7) is 4.87. The van der Waals surface area contributed by atoms with Crippen molar-refractivity contribution in [3.05, 3.63) is 48.5 Å². The molecule has 0 aliphatic carbocycles. The van der Waals surface area contributed by atoms with E-state index in [1.807, 2.05) is 18.2 Å². The van der Waals surface area contributed by atoms with Crippen molar-refractivity contribution in [3.8, 4) is 11.5 Å². The minimum absolute atomic E-state index is 0.105. The first-order valence-corrected chi connectivity index (χ1v) is 10.6. The SMILES string of the molecule is CC(C)C(=O)Nc1cc(S(=O)(=O)N2CCOCC2)ccc1Oc1ccccc1. The Labute approximate surface area is 165 Å². The number of nitrogens with one attached hydrogen (secondary N) is 1. The zero-order valence-corrected chi connectivity index (χ0v) is 16.7. The van der Waals surface area contributed by atoms with E-state index in [1.54, 1.807) is 32.0 Å². The Kier molecular flexibility index (Phi) is 6.33. The number of ether oxygens (including phenoxy) is 2. The number of benzene rings is 2. The first-order valence-electron chi connectivity index (χ1n) is 9.13. The van der Waals surface area contributed by atoms with Gasteiger partial charge in [-0.15, -0.1) is 0 Å². The number of carbonyl (C=O) groups excluding carboxylic acids is 1. The molecular weight excluding hydrogens is 380 g/mol. The summed E-state index contributed by atoms with van der Waals surface area (Å²) in [6, 6.07) is 13.6. The largest absolute Gasteiger partial charge is 0.455 e. The van der Waals surface area contributed by atoms with E-state index in [9.17, 15) is 13.2 Å². The van der Waals surface area contributed by atoms with Crippen LogP contribution in [0.15, 0.2) is 53.4 Å². The van der Waals surface area contributed by atoms with Crippen molar-refractivity contribution >= 4 is 21.6 Å². The van der Waals surface area contributed by atoms with Crippen molar-refractivity contribution in [2.75, 3.05) is 31.6 Å². The first-order chi connectivity index (χ1) is 13.4. The molecule has 3 rings (SSSR count). The lowest BCUT2D eigenvalue weighted by atomic mass is 10.2. The average Bonchev–Trinajstić information content (AvgIpc) is 2.70. The van der Waals surface area contributed by atoms with Crippen molar-refractivity contribution in [2.45, 2.75) is 18.7 Å². The van der Waals surface area contributed by atoms with Crippen molar-refractivity contribution in [1.82, 2.24) is 4.31 Å². The molecule has 2 aromatic carbocycles. The number of hydrogen-bond donors (Lipinski definition) is 1. The van der Waals surface area contributed by atoms with E-state index in [4.69, 9.17) is 9.47 Å². The molecular formula is C20H24N2O5S. The number of sulfonamides is 1. The van der Waals surface area contributed by atoms with Gasteiger partial charge in [0.1, 0.15) is 5.75 Å². The van der Waals surface area contributed by atoms with Crippen LogP contribution in [-0.2, 0) is 19.6 Å². The fourth-order valence-electron chi connectivity index (χ4n) is 2.68. The molecule has 1 N–H and O–H groups in total. The van der Waals surface area contributed by atoms with Gasteiger partial charge in [0, 0.05) is 19.0 Å². The Hall–Kier alpha value is -2.42. The van der Waals surface area contributed by atoms with Gasteiger partial charge in [-0.05, 0) is 30.3 Å². The number of para-hydroxylation sites is 1. The monoisotopic (exact) mass is 404 g/mol. The molecule has 1 amide bonds. The molecule has 28 heavy (non-hydrogen) atoms. The Morgan fingerprint density at radius 1 is 1.11 bits per heavy atom. The lowest BCUT2D eigenvalue weighted by molar-refractivity contribution is -0.118. The van der Waals surface area contributed by atoms with E-state index in [2.05, 4.69) is 5.32 Å². The van der Waals surface area contributed by atoms with Crippen molar-refractivity contribution in [2.24, 2.45) is 5.92 Å². The number of rotatable bonds is 6. The number of carbonyl (C=O) groups is 1. The van der Waals surface area contributed by atoms with Crippen LogP contribution in [0, 0.1) is 5.92 Å². The summed E-state index contributed by atoms with van der Waals surface area (Å²) in [5.74, 6) is 0.482. The molecule has 0 saturated carbocycles. The summed E-state index contributed by atoms with van der Waals surface area (Å²) in [6.07, 6.45) is 0. The van der Waals surface area contributed by atoms with E-state index in [-0.39, 0.29) is 16.7 Å². The van der Waals surface area contributed by atoms with Gasteiger partial charge in [-0.2, -0.15) is 4.31 Å². The van der Waals surface area contributed by atoms with Crippen molar-refractivity contribution < 1.29 is 22.7 Å². The van der Waals surface area contributed by atoms with E-state index in [1.165, 1.54) is 16.4 Å². The standard InChI is InChI=1S/C20H24N2O5S/c1-15(2)20(23)21-18-14-17(28(24,25)22-10-12-26-13-11-22)8-9-19(18)27-16-6-4-3-5-7-16/h3-9,14-15H,10-13H2,1-2H3,(H,21,23). The van der Waals surface area contributed by atoms with Crippen LogP contribution in [0.3, 0.4) is 0 Å². The molecule has 0 atom stereocenters. The third-order valence-corrected chi connectivity index (χ3v) is 6.21. The highest BCUT2D eigenvalue weighted by molar-refractivity contribution is 7.89. The second-order valence-corrected chi connectivity index (χ2v) is 8.67. The highest BCUT2D eigenvalue weighted by Crippen LogP contribution is 2.33. The summed E-state index contributed by atoms with van der Waals surface area (Å²) in [4.78, 5) is 12.3. The zero-order valence-electron chi connectivity index (χ0n) is 15.9. The van der Waals surface area contributed by atoms with Crippen LogP contribution in [0.25, 0.3) is 0 Å².